The molecule has 14 heteroatoms. The molecule has 0 aliphatic carbocycles. The highest BCUT2D eigenvalue weighted by Gasteiger charge is 2.57. The molecule has 0 unspecified atom stereocenters. The maximum absolute atomic E-state index is 14.2. The number of imide groups is 1. The maximum Gasteiger partial charge on any atom is 0.417 e. The van der Waals surface area contributed by atoms with Crippen LogP contribution in [-0.4, -0.2) is 71.7 Å². The van der Waals surface area contributed by atoms with Crippen molar-refractivity contribution in [3.63, 3.8) is 0 Å². The summed E-state index contributed by atoms with van der Waals surface area (Å²) in [6.45, 7) is 9.09. The Kier molecular flexibility index (Phi) is 33.4. The van der Waals surface area contributed by atoms with Gasteiger partial charge >= 0.3 is 6.09 Å². The molecule has 14 nitrogen and oxygen atoms in total. The number of rotatable bonds is 16. The van der Waals surface area contributed by atoms with Gasteiger partial charge in [0.05, 0.1) is 13.2 Å². The van der Waals surface area contributed by atoms with Crippen LogP contribution < -0.4 is 0 Å². The van der Waals surface area contributed by atoms with Crippen LogP contribution in [-0.2, 0) is 37.0 Å². The predicted octanol–water partition coefficient (Wildman–Crippen LogP) is 9.85. The van der Waals surface area contributed by atoms with Crippen LogP contribution in [0.5, 0.6) is 0 Å². The van der Waals surface area contributed by atoms with Crippen molar-refractivity contribution in [3.05, 3.63) is 192 Å². The Labute approximate surface area is 618 Å². The maximum atomic E-state index is 14.2. The molecule has 1 aliphatic rings. The van der Waals surface area contributed by atoms with E-state index in [0.717, 1.165) is 43.8 Å². The summed E-state index contributed by atoms with van der Waals surface area (Å²) in [5, 5.41) is 38.7. The molecule has 1 saturated heterocycles. The first-order valence-electron chi connectivity index (χ1n) is 31.5. The fourth-order valence-electron chi connectivity index (χ4n) is 8.89. The summed E-state index contributed by atoms with van der Waals surface area (Å²) >= 11 is 0. The minimum atomic E-state index is -1.90. The van der Waals surface area contributed by atoms with Crippen LogP contribution in [0.2, 0.25) is 0 Å². The number of aromatic nitrogens is 2. The molecule has 5 aromatic carbocycles. The van der Waals surface area contributed by atoms with Crippen LogP contribution in [0, 0.1) is 225 Å². The second-order valence-electron chi connectivity index (χ2n) is 21.6. The first-order valence-corrected chi connectivity index (χ1v) is 31.5. The molecular formula is C92H57N3O11. The molecule has 3 heterocycles. The van der Waals surface area contributed by atoms with Crippen molar-refractivity contribution >= 4 is 17.8 Å². The second-order valence-corrected chi connectivity index (χ2v) is 21.6. The van der Waals surface area contributed by atoms with E-state index in [9.17, 15) is 29.7 Å². The van der Waals surface area contributed by atoms with E-state index in [-0.39, 0.29) is 24.6 Å². The van der Waals surface area contributed by atoms with Gasteiger partial charge in [-0.25, -0.2) is 9.69 Å². The zero-order chi connectivity index (χ0) is 75.8. The van der Waals surface area contributed by atoms with Gasteiger partial charge in [-0.05, 0) is 175 Å². The predicted molar refractivity (Wildman–Crippen MR) is 401 cm³/mol. The van der Waals surface area contributed by atoms with E-state index >= 15 is 0 Å². The Morgan fingerprint density at radius 3 is 1.01 bits per heavy atom. The molecule has 0 saturated carbocycles. The van der Waals surface area contributed by atoms with Gasteiger partial charge in [0, 0.05) is 131 Å². The van der Waals surface area contributed by atoms with E-state index in [0.29, 0.717) is 0 Å². The van der Waals surface area contributed by atoms with Crippen molar-refractivity contribution in [2.45, 2.75) is 89.8 Å². The lowest BCUT2D eigenvalue weighted by Gasteiger charge is -2.37. The Morgan fingerprint density at radius 2 is 0.717 bits per heavy atom. The van der Waals surface area contributed by atoms with Gasteiger partial charge in [-0.15, -0.1) is 0 Å². The van der Waals surface area contributed by atoms with Crippen molar-refractivity contribution < 1.29 is 53.0 Å². The number of ether oxygens (including phenoxy) is 3. The van der Waals surface area contributed by atoms with Crippen LogP contribution in [0.4, 0.5) is 4.79 Å². The van der Waals surface area contributed by atoms with Gasteiger partial charge in [-0.2, -0.15) is 0 Å². The summed E-state index contributed by atoms with van der Waals surface area (Å²) in [6.07, 6.45) is -1.11. The smallest absolute Gasteiger partial charge is 0.417 e. The molecule has 2 aromatic heterocycles. The molecule has 7 aromatic rings. The quantitative estimate of drug-likeness (QED) is 0.0775. The fourth-order valence-corrected chi connectivity index (χ4v) is 8.89. The number of ketones is 1. The van der Waals surface area contributed by atoms with Crippen molar-refractivity contribution in [1.29, 1.82) is 0 Å². The SMILES string of the molecule is CC#CC#CC#CC#CC#CC#CC#CC#CC#CC#CC#CC#CC#CC#CC#CC#CC#CC#CC#CC.CC1(C)OC(=O)N(C(=O)[C@@](C)(OCc2ccc(-c3ccccc3)cc2)[C@@H](O)c2ccon2)[C@H]1c1ccccc1.C[C@@](OCc1ccc(-c2ccccc2)cc1)(C(=O)CO)[C@@H](O)c1ccon1. The minimum Gasteiger partial charge on any atom is -0.440 e. The number of amides is 2. The van der Waals surface area contributed by atoms with E-state index in [1.54, 1.807) is 27.7 Å². The molecule has 106 heavy (non-hydrogen) atoms. The van der Waals surface area contributed by atoms with Crippen LogP contribution >= 0.6 is 0 Å². The molecule has 0 radical (unpaired) electrons. The highest BCUT2D eigenvalue weighted by Crippen LogP contribution is 2.44. The number of carbonyl (C=O) groups is 3. The van der Waals surface area contributed by atoms with Gasteiger partial charge in [-0.3, -0.25) is 9.59 Å². The van der Waals surface area contributed by atoms with E-state index in [2.05, 4.69) is 235 Å². The Bertz CT molecular complexity index is 5470. The van der Waals surface area contributed by atoms with Gasteiger partial charge in [0.25, 0.3) is 5.91 Å². The fraction of sp³-hybridized carbons (Fsp3) is 0.163. The highest BCUT2D eigenvalue weighted by molar-refractivity contribution is 5.99. The molecule has 5 atom stereocenters. The molecule has 506 valence electrons. The molecule has 1 aliphatic heterocycles. The van der Waals surface area contributed by atoms with E-state index in [4.69, 9.17) is 23.3 Å². The summed E-state index contributed by atoms with van der Waals surface area (Å²) < 4.78 is 27.2. The first kappa shape index (κ1) is 79.6. The standard InChI is InChI=1S/C40H6.C31H30N2O6.C21H21NO5/c1-3-5-7-9-11-13-15-17-19-21-23-25-27-29-31-33-35-37-39-40-38-36-34-32-30-28-26-24-22-20-18-16-14-12-10-8-6-4-2;1-30(2)26(24-12-8-5-9-13-24)33(29(36)39-30)28(35)31(3,27(34)25-18-19-38-32-25)37-20-21-14-16-23(17-15-21)22-10-6-4-7-11-22;1-21(19(24)13-23,20(25)18-11-12-27-22-18)26-14-15-7-9-17(10-8-15)16-5-3-2-4-6-16/h1-2H3;4-19,26-27,34H,20H2,1-3H3;2-12,20,23,25H,13-14H2,1H3/t;26-,27-,31-;20-,21+/m.00/s1. The first-order chi connectivity index (χ1) is 51.7. The number of aliphatic hydroxyl groups is 3. The monoisotopic (exact) mass is 1380 g/mol. The molecule has 0 bridgehead atoms. The number of hydrogen-bond donors (Lipinski definition) is 3. The molecule has 0 spiro atoms. The normalized spacial score (nSPS) is 12.1. The molecule has 1 fully saturated rings. The van der Waals surface area contributed by atoms with Gasteiger partial charge in [0.15, 0.2) is 17.0 Å². The lowest BCUT2D eigenvalue weighted by molar-refractivity contribution is -0.175. The largest absolute Gasteiger partial charge is 0.440 e. The number of carbonyl (C=O) groups excluding carboxylic acids is 3. The van der Waals surface area contributed by atoms with Gasteiger partial charge in [0.2, 0.25) is 0 Å². The van der Waals surface area contributed by atoms with E-state index in [1.807, 2.05) is 140 Å². The zero-order valence-electron chi connectivity index (χ0n) is 57.9. The molecule has 2 amide bonds. The lowest BCUT2D eigenvalue weighted by atomic mass is 9.88. The number of aliphatic hydroxyl groups excluding tert-OH is 3. The zero-order valence-corrected chi connectivity index (χ0v) is 57.9. The van der Waals surface area contributed by atoms with Crippen molar-refractivity contribution in [2.75, 3.05) is 6.61 Å². The Balaban J connectivity index is 0.000000254. The number of Topliss-reactive ketones (excluding diaryl/α,β-unsaturated/α-hetero) is 1. The van der Waals surface area contributed by atoms with E-state index in [1.165, 1.54) is 38.5 Å². The molecule has 3 N–H and O–H groups in total. The van der Waals surface area contributed by atoms with Crippen LogP contribution in [0.3, 0.4) is 0 Å². The summed E-state index contributed by atoms with van der Waals surface area (Å²) in [4.78, 5) is 40.6. The van der Waals surface area contributed by atoms with Gasteiger partial charge in [0.1, 0.15) is 54.4 Å². The summed E-state index contributed by atoms with van der Waals surface area (Å²) in [5.41, 5.74) is 2.32. The van der Waals surface area contributed by atoms with Gasteiger partial charge < -0.3 is 38.6 Å². The number of hydrogen-bond acceptors (Lipinski definition) is 13. The topological polar surface area (TPSA) is 195 Å². The summed E-state index contributed by atoms with van der Waals surface area (Å²) in [5.74, 6) is 94.2. The van der Waals surface area contributed by atoms with Gasteiger partial charge in [-0.1, -0.05) is 162 Å². The van der Waals surface area contributed by atoms with Crippen molar-refractivity contribution in [2.24, 2.45) is 0 Å². The minimum absolute atomic E-state index is 0.00545. The number of benzene rings is 5. The lowest BCUT2D eigenvalue weighted by Crippen LogP contribution is -2.54. The van der Waals surface area contributed by atoms with Crippen LogP contribution in [0.15, 0.2) is 173 Å². The average molecular weight is 1380 g/mol. The summed E-state index contributed by atoms with van der Waals surface area (Å²) in [7, 11) is 0. The third kappa shape index (κ3) is 26.3. The second kappa shape index (κ2) is 44.6. The van der Waals surface area contributed by atoms with Crippen LogP contribution in [0.1, 0.15) is 87.9 Å². The Morgan fingerprint density at radius 1 is 0.434 bits per heavy atom. The van der Waals surface area contributed by atoms with E-state index < -0.39 is 59.4 Å². The number of cyclic esters (lactones) is 1. The van der Waals surface area contributed by atoms with Crippen molar-refractivity contribution in [1.82, 2.24) is 15.2 Å². The van der Waals surface area contributed by atoms with Crippen LogP contribution in [0.25, 0.3) is 22.3 Å². The third-order valence-corrected chi connectivity index (χ3v) is 14.1. The summed E-state index contributed by atoms with van der Waals surface area (Å²) in [6, 6.07) is 46.7. The number of nitrogens with zero attached hydrogens (tertiary/aromatic N) is 3. The average Bonchev–Trinajstić information content (AvgIpc) is 1.57. The third-order valence-electron chi connectivity index (χ3n) is 14.1. The Hall–Kier alpha value is -15.4. The van der Waals surface area contributed by atoms with Crippen molar-refractivity contribution in [3.8, 4) is 247 Å². The molecular weight excluding hydrogens is 1320 g/mol. The highest BCUT2D eigenvalue weighted by atomic mass is 16.6. The molecule has 8 rings (SSSR count).